The number of nitrogens with zero attached hydrogens (tertiary/aromatic N) is 2. The SMILES string of the molecule is CCN(c1ccccc1)S(=O)(=O)c1ccc(NC(=O)N2CCOC3CCCCC32)cc1. The molecule has 0 radical (unpaired) electrons. The van der Waals surface area contributed by atoms with Crippen molar-refractivity contribution in [2.45, 2.75) is 49.6 Å². The summed E-state index contributed by atoms with van der Waals surface area (Å²) in [5, 5.41) is 2.92. The lowest BCUT2D eigenvalue weighted by Crippen LogP contribution is -2.55. The van der Waals surface area contributed by atoms with E-state index in [1.54, 1.807) is 43.3 Å². The molecule has 1 N–H and O–H groups in total. The molecule has 4 rings (SSSR count). The first-order valence-corrected chi connectivity index (χ1v) is 12.3. The number of anilines is 2. The van der Waals surface area contributed by atoms with Crippen LogP contribution in [0.1, 0.15) is 32.6 Å². The number of hydrogen-bond acceptors (Lipinski definition) is 4. The highest BCUT2D eigenvalue weighted by atomic mass is 32.2. The Bertz CT molecular complexity index is 993. The number of ether oxygens (including phenoxy) is 1. The van der Waals surface area contributed by atoms with Gasteiger partial charge in [-0.15, -0.1) is 0 Å². The van der Waals surface area contributed by atoms with Crippen LogP contribution in [0.25, 0.3) is 0 Å². The summed E-state index contributed by atoms with van der Waals surface area (Å²) in [6.45, 7) is 3.25. The molecule has 1 heterocycles. The van der Waals surface area contributed by atoms with Crippen molar-refractivity contribution in [3.63, 3.8) is 0 Å². The molecule has 2 aliphatic rings. The first-order valence-electron chi connectivity index (χ1n) is 10.9. The van der Waals surface area contributed by atoms with E-state index in [-0.39, 0.29) is 23.1 Å². The molecule has 2 amide bonds. The molecule has 2 aromatic rings. The van der Waals surface area contributed by atoms with Crippen LogP contribution in [0.2, 0.25) is 0 Å². The smallest absolute Gasteiger partial charge is 0.322 e. The summed E-state index contributed by atoms with van der Waals surface area (Å²) in [6.07, 6.45) is 4.33. The summed E-state index contributed by atoms with van der Waals surface area (Å²) in [7, 11) is -3.69. The summed E-state index contributed by atoms with van der Waals surface area (Å²) in [5.41, 5.74) is 1.20. The van der Waals surface area contributed by atoms with E-state index in [1.807, 2.05) is 23.1 Å². The third-order valence-electron chi connectivity index (χ3n) is 6.02. The molecule has 1 saturated carbocycles. The zero-order valence-electron chi connectivity index (χ0n) is 17.7. The summed E-state index contributed by atoms with van der Waals surface area (Å²) in [6, 6.07) is 15.4. The molecule has 31 heavy (non-hydrogen) atoms. The molecular weight excluding hydrogens is 414 g/mol. The number of rotatable bonds is 5. The monoisotopic (exact) mass is 443 g/mol. The van der Waals surface area contributed by atoms with Gasteiger partial charge >= 0.3 is 6.03 Å². The standard InChI is InChI=1S/C23H29N3O4S/c1-2-26(19-8-4-3-5-9-19)31(28,29)20-14-12-18(13-15-20)24-23(27)25-16-17-30-22-11-7-6-10-21(22)25/h3-5,8-9,12-15,21-22H,2,6-7,10-11,16-17H2,1H3,(H,24,27). The zero-order chi connectivity index (χ0) is 21.8. The molecule has 1 aliphatic carbocycles. The Kier molecular flexibility index (Phi) is 6.48. The van der Waals surface area contributed by atoms with E-state index in [0.29, 0.717) is 31.1 Å². The number of carbonyl (C=O) groups is 1. The highest BCUT2D eigenvalue weighted by Crippen LogP contribution is 2.29. The lowest BCUT2D eigenvalue weighted by molar-refractivity contribution is -0.0694. The molecule has 166 valence electrons. The topological polar surface area (TPSA) is 79.0 Å². The van der Waals surface area contributed by atoms with Crippen LogP contribution < -0.4 is 9.62 Å². The third-order valence-corrected chi connectivity index (χ3v) is 7.94. The molecule has 1 aliphatic heterocycles. The van der Waals surface area contributed by atoms with Crippen molar-refractivity contribution in [2.75, 3.05) is 29.3 Å². The lowest BCUT2D eigenvalue weighted by atomic mass is 9.90. The number of urea groups is 1. The second-order valence-electron chi connectivity index (χ2n) is 7.91. The van der Waals surface area contributed by atoms with E-state index < -0.39 is 10.0 Å². The summed E-state index contributed by atoms with van der Waals surface area (Å²) in [5.74, 6) is 0. The first kappa shape index (κ1) is 21.6. The molecule has 2 unspecified atom stereocenters. The Morgan fingerprint density at radius 2 is 1.81 bits per heavy atom. The third kappa shape index (κ3) is 4.55. The van der Waals surface area contributed by atoms with Crippen molar-refractivity contribution in [2.24, 2.45) is 0 Å². The highest BCUT2D eigenvalue weighted by molar-refractivity contribution is 7.92. The molecule has 0 bridgehead atoms. The second kappa shape index (κ2) is 9.28. The van der Waals surface area contributed by atoms with Gasteiger partial charge in [0.25, 0.3) is 10.0 Å². The fourth-order valence-electron chi connectivity index (χ4n) is 4.47. The van der Waals surface area contributed by atoms with Gasteiger partial charge < -0.3 is 15.0 Å². The molecule has 7 nitrogen and oxygen atoms in total. The van der Waals surface area contributed by atoms with Crippen LogP contribution in [-0.4, -0.2) is 51.2 Å². The van der Waals surface area contributed by atoms with Crippen molar-refractivity contribution in [3.05, 3.63) is 54.6 Å². The van der Waals surface area contributed by atoms with Crippen LogP contribution in [0.5, 0.6) is 0 Å². The Labute approximate surface area is 184 Å². The molecule has 8 heteroatoms. The van der Waals surface area contributed by atoms with E-state index in [2.05, 4.69) is 5.32 Å². The van der Waals surface area contributed by atoms with Gasteiger partial charge in [-0.1, -0.05) is 31.0 Å². The van der Waals surface area contributed by atoms with Gasteiger partial charge in [0.05, 0.1) is 29.3 Å². The quantitative estimate of drug-likeness (QED) is 0.755. The minimum Gasteiger partial charge on any atom is -0.374 e. The first-order chi connectivity index (χ1) is 15.0. The van der Waals surface area contributed by atoms with E-state index in [1.165, 1.54) is 4.31 Å². The van der Waals surface area contributed by atoms with Gasteiger partial charge in [0.15, 0.2) is 0 Å². The molecule has 2 fully saturated rings. The number of sulfonamides is 1. The van der Waals surface area contributed by atoms with Crippen LogP contribution in [0.15, 0.2) is 59.5 Å². The predicted molar refractivity (Wildman–Crippen MR) is 121 cm³/mol. The summed E-state index contributed by atoms with van der Waals surface area (Å²) < 4.78 is 33.5. The van der Waals surface area contributed by atoms with E-state index in [4.69, 9.17) is 4.74 Å². The highest BCUT2D eigenvalue weighted by Gasteiger charge is 2.36. The van der Waals surface area contributed by atoms with Crippen LogP contribution in [-0.2, 0) is 14.8 Å². The molecule has 2 aromatic carbocycles. The summed E-state index contributed by atoms with van der Waals surface area (Å²) >= 11 is 0. The minimum absolute atomic E-state index is 0.117. The Morgan fingerprint density at radius 1 is 1.10 bits per heavy atom. The average molecular weight is 444 g/mol. The second-order valence-corrected chi connectivity index (χ2v) is 9.78. The van der Waals surface area contributed by atoms with Crippen molar-refractivity contribution in [3.8, 4) is 0 Å². The van der Waals surface area contributed by atoms with Gasteiger partial charge in [0.2, 0.25) is 0 Å². The molecule has 0 spiro atoms. The number of benzene rings is 2. The van der Waals surface area contributed by atoms with Gasteiger partial charge in [-0.3, -0.25) is 4.31 Å². The van der Waals surface area contributed by atoms with Crippen molar-refractivity contribution >= 4 is 27.4 Å². The van der Waals surface area contributed by atoms with E-state index in [0.717, 1.165) is 25.7 Å². The number of hydrogen-bond donors (Lipinski definition) is 1. The van der Waals surface area contributed by atoms with Gasteiger partial charge in [-0.25, -0.2) is 13.2 Å². The number of morpholine rings is 1. The number of carbonyl (C=O) groups excluding carboxylic acids is 1. The normalized spacial score (nSPS) is 21.3. The molecule has 1 saturated heterocycles. The van der Waals surface area contributed by atoms with E-state index >= 15 is 0 Å². The average Bonchev–Trinajstić information content (AvgIpc) is 2.80. The molecule has 0 aromatic heterocycles. The van der Waals surface area contributed by atoms with Gasteiger partial charge in [0, 0.05) is 18.8 Å². The summed E-state index contributed by atoms with van der Waals surface area (Å²) in [4.78, 5) is 14.9. The number of fused-ring (bicyclic) bond motifs is 1. The Balaban J connectivity index is 1.47. The van der Waals surface area contributed by atoms with Crippen molar-refractivity contribution < 1.29 is 17.9 Å². The Hall–Kier alpha value is -2.58. The maximum atomic E-state index is 13.1. The van der Waals surface area contributed by atoms with E-state index in [9.17, 15) is 13.2 Å². The Morgan fingerprint density at radius 3 is 2.52 bits per heavy atom. The number of amides is 2. The predicted octanol–water partition coefficient (Wildman–Crippen LogP) is 4.08. The van der Waals surface area contributed by atoms with Crippen LogP contribution in [0, 0.1) is 0 Å². The maximum absolute atomic E-state index is 13.1. The number of para-hydroxylation sites is 1. The van der Waals surface area contributed by atoms with Gasteiger partial charge in [-0.05, 0) is 56.2 Å². The van der Waals surface area contributed by atoms with Crippen LogP contribution in [0.4, 0.5) is 16.2 Å². The van der Waals surface area contributed by atoms with Crippen molar-refractivity contribution in [1.82, 2.24) is 4.90 Å². The number of nitrogens with one attached hydrogen (secondary N) is 1. The molecule has 2 atom stereocenters. The molecular formula is C23H29N3O4S. The fraction of sp³-hybridized carbons (Fsp3) is 0.435. The maximum Gasteiger partial charge on any atom is 0.322 e. The van der Waals surface area contributed by atoms with Gasteiger partial charge in [-0.2, -0.15) is 0 Å². The van der Waals surface area contributed by atoms with Crippen molar-refractivity contribution in [1.29, 1.82) is 0 Å². The largest absolute Gasteiger partial charge is 0.374 e. The van der Waals surface area contributed by atoms with Crippen LogP contribution >= 0.6 is 0 Å². The minimum atomic E-state index is -3.69. The fourth-order valence-corrected chi connectivity index (χ4v) is 5.94. The van der Waals surface area contributed by atoms with Crippen LogP contribution in [0.3, 0.4) is 0 Å². The zero-order valence-corrected chi connectivity index (χ0v) is 18.6. The van der Waals surface area contributed by atoms with Gasteiger partial charge in [0.1, 0.15) is 0 Å². The lowest BCUT2D eigenvalue weighted by Gasteiger charge is -2.43.